The standard InChI is InChI=1S/C6H11NS2/c1-2-3-5-4-7-6(8)9-5/h5H,2-4H2,1H3,(H,7,8). The molecule has 0 aromatic heterocycles. The summed E-state index contributed by atoms with van der Waals surface area (Å²) >= 11 is 6.77. The van der Waals surface area contributed by atoms with E-state index in [1.54, 1.807) is 0 Å². The minimum atomic E-state index is 0.752. The number of thiocarbonyl (C=S) groups is 1. The zero-order valence-corrected chi connectivity index (χ0v) is 7.15. The van der Waals surface area contributed by atoms with E-state index in [0.29, 0.717) is 0 Å². The van der Waals surface area contributed by atoms with Crippen molar-refractivity contribution < 1.29 is 0 Å². The fourth-order valence-electron chi connectivity index (χ4n) is 0.915. The smallest absolute Gasteiger partial charge is 0.134 e. The summed E-state index contributed by atoms with van der Waals surface area (Å²) in [7, 11) is 0. The maximum absolute atomic E-state index is 4.96. The third-order valence-corrected chi connectivity index (χ3v) is 2.89. The molecule has 0 radical (unpaired) electrons. The highest BCUT2D eigenvalue weighted by Gasteiger charge is 2.17. The van der Waals surface area contributed by atoms with Gasteiger partial charge < -0.3 is 5.32 Å². The Morgan fingerprint density at radius 2 is 2.67 bits per heavy atom. The summed E-state index contributed by atoms with van der Waals surface area (Å²) in [5.41, 5.74) is 0. The Bertz CT molecular complexity index is 114. The van der Waals surface area contributed by atoms with Gasteiger partial charge in [-0.05, 0) is 6.42 Å². The molecule has 1 rings (SSSR count). The van der Waals surface area contributed by atoms with Gasteiger partial charge >= 0.3 is 0 Å². The van der Waals surface area contributed by atoms with Gasteiger partial charge in [0, 0.05) is 11.8 Å². The first-order valence-corrected chi connectivity index (χ1v) is 4.56. The molecule has 1 unspecified atom stereocenters. The van der Waals surface area contributed by atoms with Crippen molar-refractivity contribution in [1.29, 1.82) is 0 Å². The lowest BCUT2D eigenvalue weighted by Crippen LogP contribution is -2.14. The predicted molar refractivity (Wildman–Crippen MR) is 46.9 cm³/mol. The van der Waals surface area contributed by atoms with Crippen molar-refractivity contribution >= 4 is 28.3 Å². The van der Waals surface area contributed by atoms with E-state index in [-0.39, 0.29) is 0 Å². The molecule has 1 aliphatic heterocycles. The second kappa shape index (κ2) is 3.42. The van der Waals surface area contributed by atoms with Gasteiger partial charge in [-0.2, -0.15) is 0 Å². The van der Waals surface area contributed by atoms with E-state index < -0.39 is 0 Å². The molecule has 1 heterocycles. The van der Waals surface area contributed by atoms with Crippen molar-refractivity contribution in [1.82, 2.24) is 5.32 Å². The van der Waals surface area contributed by atoms with E-state index in [1.165, 1.54) is 12.8 Å². The van der Waals surface area contributed by atoms with Crippen LogP contribution in [0.25, 0.3) is 0 Å². The maximum atomic E-state index is 4.96. The summed E-state index contributed by atoms with van der Waals surface area (Å²) < 4.78 is 0.980. The van der Waals surface area contributed by atoms with Crippen LogP contribution in [-0.4, -0.2) is 16.1 Å². The van der Waals surface area contributed by atoms with Gasteiger partial charge in [-0.25, -0.2) is 0 Å². The van der Waals surface area contributed by atoms with Crippen molar-refractivity contribution in [2.24, 2.45) is 0 Å². The van der Waals surface area contributed by atoms with Gasteiger partial charge in [-0.15, -0.1) is 0 Å². The minimum Gasteiger partial charge on any atom is -0.370 e. The topological polar surface area (TPSA) is 12.0 Å². The number of hydrogen-bond donors (Lipinski definition) is 1. The van der Waals surface area contributed by atoms with Crippen LogP contribution in [0, 0.1) is 0 Å². The molecule has 0 spiro atoms. The molecule has 0 aromatic carbocycles. The summed E-state index contributed by atoms with van der Waals surface area (Å²) in [6.07, 6.45) is 2.56. The van der Waals surface area contributed by atoms with Crippen LogP contribution >= 0.6 is 24.0 Å². The van der Waals surface area contributed by atoms with Crippen LogP contribution in [0.3, 0.4) is 0 Å². The summed E-state index contributed by atoms with van der Waals surface area (Å²) in [5, 5.41) is 3.90. The van der Waals surface area contributed by atoms with Crippen LogP contribution < -0.4 is 5.32 Å². The van der Waals surface area contributed by atoms with E-state index in [4.69, 9.17) is 12.2 Å². The molecule has 0 saturated carbocycles. The van der Waals surface area contributed by atoms with Crippen LogP contribution in [0.2, 0.25) is 0 Å². The summed E-state index contributed by atoms with van der Waals surface area (Å²) in [5.74, 6) is 0. The molecular formula is C6H11NS2. The highest BCUT2D eigenvalue weighted by Crippen LogP contribution is 2.21. The fourth-order valence-corrected chi connectivity index (χ4v) is 2.40. The zero-order chi connectivity index (χ0) is 6.69. The largest absolute Gasteiger partial charge is 0.370 e. The first kappa shape index (κ1) is 7.35. The van der Waals surface area contributed by atoms with E-state index in [1.807, 2.05) is 11.8 Å². The Kier molecular flexibility index (Phi) is 2.79. The normalized spacial score (nSPS) is 26.3. The second-order valence-electron chi connectivity index (χ2n) is 2.20. The molecule has 1 fully saturated rings. The fraction of sp³-hybridized carbons (Fsp3) is 0.833. The molecule has 0 amide bonds. The van der Waals surface area contributed by atoms with Crippen LogP contribution in [0.15, 0.2) is 0 Å². The van der Waals surface area contributed by atoms with E-state index in [9.17, 15) is 0 Å². The monoisotopic (exact) mass is 161 g/mol. The quantitative estimate of drug-likeness (QED) is 0.620. The molecule has 1 atom stereocenters. The molecule has 1 N–H and O–H groups in total. The third kappa shape index (κ3) is 2.14. The number of nitrogens with one attached hydrogen (secondary N) is 1. The van der Waals surface area contributed by atoms with Crippen molar-refractivity contribution in [3.05, 3.63) is 0 Å². The third-order valence-electron chi connectivity index (χ3n) is 1.36. The number of hydrogen-bond acceptors (Lipinski definition) is 2. The lowest BCUT2D eigenvalue weighted by atomic mass is 10.2. The predicted octanol–water partition coefficient (Wildman–Crippen LogP) is 1.78. The van der Waals surface area contributed by atoms with Crippen molar-refractivity contribution in [2.75, 3.05) is 6.54 Å². The molecule has 1 saturated heterocycles. The average molecular weight is 161 g/mol. The van der Waals surface area contributed by atoms with Gasteiger partial charge in [0.2, 0.25) is 0 Å². The summed E-state index contributed by atoms with van der Waals surface area (Å²) in [6.45, 7) is 3.29. The first-order chi connectivity index (χ1) is 4.33. The van der Waals surface area contributed by atoms with E-state index >= 15 is 0 Å². The van der Waals surface area contributed by atoms with Crippen molar-refractivity contribution in [3.63, 3.8) is 0 Å². The minimum absolute atomic E-state index is 0.752. The SMILES string of the molecule is CCCC1CNC(=S)S1. The van der Waals surface area contributed by atoms with Gasteiger partial charge in [0.05, 0.1) is 0 Å². The molecule has 9 heavy (non-hydrogen) atoms. The van der Waals surface area contributed by atoms with Crippen LogP contribution in [0.5, 0.6) is 0 Å². The molecule has 1 nitrogen and oxygen atoms in total. The Morgan fingerprint density at radius 1 is 1.89 bits per heavy atom. The maximum Gasteiger partial charge on any atom is 0.134 e. The molecule has 52 valence electrons. The molecule has 0 aliphatic carbocycles. The number of thioether (sulfide) groups is 1. The average Bonchev–Trinajstić information content (AvgIpc) is 2.17. The Hall–Kier alpha value is 0.240. The Balaban J connectivity index is 2.22. The Morgan fingerprint density at radius 3 is 3.11 bits per heavy atom. The van der Waals surface area contributed by atoms with Gasteiger partial charge in [0.25, 0.3) is 0 Å². The summed E-state index contributed by atoms with van der Waals surface area (Å²) in [6, 6.07) is 0. The van der Waals surface area contributed by atoms with Crippen LogP contribution in [0.1, 0.15) is 19.8 Å². The lowest BCUT2D eigenvalue weighted by molar-refractivity contribution is 0.731. The lowest BCUT2D eigenvalue weighted by Gasteiger charge is -2.00. The zero-order valence-electron chi connectivity index (χ0n) is 5.52. The second-order valence-corrected chi connectivity index (χ2v) is 4.17. The molecule has 1 aliphatic rings. The molecule has 0 bridgehead atoms. The Labute approximate surface area is 65.6 Å². The van der Waals surface area contributed by atoms with Crippen molar-refractivity contribution in [3.8, 4) is 0 Å². The van der Waals surface area contributed by atoms with E-state index in [0.717, 1.165) is 16.1 Å². The van der Waals surface area contributed by atoms with Crippen LogP contribution in [0.4, 0.5) is 0 Å². The van der Waals surface area contributed by atoms with E-state index in [2.05, 4.69) is 12.2 Å². The summed E-state index contributed by atoms with van der Waals surface area (Å²) in [4.78, 5) is 0. The molecule has 3 heteroatoms. The van der Waals surface area contributed by atoms with Crippen LogP contribution in [-0.2, 0) is 0 Å². The first-order valence-electron chi connectivity index (χ1n) is 3.27. The van der Waals surface area contributed by atoms with Crippen molar-refractivity contribution in [2.45, 2.75) is 25.0 Å². The van der Waals surface area contributed by atoms with Gasteiger partial charge in [0.15, 0.2) is 0 Å². The van der Waals surface area contributed by atoms with Gasteiger partial charge in [-0.3, -0.25) is 0 Å². The number of rotatable bonds is 2. The highest BCUT2D eigenvalue weighted by atomic mass is 32.2. The highest BCUT2D eigenvalue weighted by molar-refractivity contribution is 8.23. The molecular weight excluding hydrogens is 150 g/mol. The molecule has 0 aromatic rings. The van der Waals surface area contributed by atoms with Gasteiger partial charge in [-0.1, -0.05) is 37.3 Å². The van der Waals surface area contributed by atoms with Gasteiger partial charge in [0.1, 0.15) is 4.32 Å².